The van der Waals surface area contributed by atoms with E-state index < -0.39 is 35.4 Å². The summed E-state index contributed by atoms with van der Waals surface area (Å²) in [7, 11) is 0. The van der Waals surface area contributed by atoms with Gasteiger partial charge in [0.05, 0.1) is 12.2 Å². The van der Waals surface area contributed by atoms with E-state index in [4.69, 9.17) is 37.9 Å². The predicted octanol–water partition coefficient (Wildman–Crippen LogP) is 5.26. The smallest absolute Gasteiger partial charge is 0.231 e. The molecule has 11 rings (SSSR count). The Bertz CT molecular complexity index is 2470. The van der Waals surface area contributed by atoms with Crippen molar-refractivity contribution in [2.75, 3.05) is 13.6 Å². The second-order valence-corrected chi connectivity index (χ2v) is 15.8. The van der Waals surface area contributed by atoms with Gasteiger partial charge < -0.3 is 57.2 Å². The van der Waals surface area contributed by atoms with Crippen LogP contribution in [0.15, 0.2) is 86.0 Å². The Balaban J connectivity index is 0.000000148. The lowest BCUT2D eigenvalue weighted by atomic mass is 9.90. The highest BCUT2D eigenvalue weighted by molar-refractivity contribution is 5.75. The summed E-state index contributed by atoms with van der Waals surface area (Å²) in [6.45, 7) is 8.02. The van der Waals surface area contributed by atoms with Crippen molar-refractivity contribution in [2.24, 2.45) is 0 Å². The molecule has 3 saturated heterocycles. The van der Waals surface area contributed by atoms with E-state index in [0.717, 1.165) is 39.0 Å². The third-order valence-electron chi connectivity index (χ3n) is 11.5. The first-order valence-electron chi connectivity index (χ1n) is 18.9. The SMILES string of the molecule is C.CC1(C)O[C@H]2[C@H](n3ccc4cncnc43)O[C@H](Cc3ccc4c(c3)OCO4)[C@@]2(C)O1.C[C@@]1(O)[C@@H](Cc2ccc3c(c2)OCO3)O[C@@H](n2ccc3cncnc32)[C@@H]1O. The van der Waals surface area contributed by atoms with Gasteiger partial charge in [0.15, 0.2) is 41.2 Å². The molecule has 3 fully saturated rings. The van der Waals surface area contributed by atoms with E-state index in [-0.39, 0.29) is 39.4 Å². The summed E-state index contributed by atoms with van der Waals surface area (Å²) in [5.74, 6) is 2.21. The van der Waals surface area contributed by atoms with Gasteiger partial charge in [-0.25, -0.2) is 19.9 Å². The summed E-state index contributed by atoms with van der Waals surface area (Å²) < 4.78 is 50.9. The Kier molecular flexibility index (Phi) is 9.33. The minimum absolute atomic E-state index is 0. The zero-order valence-corrected chi connectivity index (χ0v) is 31.7. The lowest BCUT2D eigenvalue weighted by molar-refractivity contribution is -0.209. The van der Waals surface area contributed by atoms with Gasteiger partial charge in [0.2, 0.25) is 13.6 Å². The number of ether oxygens (including phenoxy) is 8. The minimum atomic E-state index is -1.43. The van der Waals surface area contributed by atoms with Crippen molar-refractivity contribution in [3.8, 4) is 23.0 Å². The summed E-state index contributed by atoms with van der Waals surface area (Å²) >= 11 is 0. The lowest BCUT2D eigenvalue weighted by Gasteiger charge is -2.29. The average molecular weight is 795 g/mol. The second-order valence-electron chi connectivity index (χ2n) is 15.8. The molecule has 0 aliphatic carbocycles. The molecule has 0 radical (unpaired) electrons. The van der Waals surface area contributed by atoms with Crippen LogP contribution in [0.3, 0.4) is 0 Å². The van der Waals surface area contributed by atoms with Crippen LogP contribution in [0.1, 0.15) is 58.7 Å². The maximum absolute atomic E-state index is 10.9. The first-order chi connectivity index (χ1) is 27.5. The highest BCUT2D eigenvalue weighted by atomic mass is 16.8. The van der Waals surface area contributed by atoms with Gasteiger partial charge in [0.25, 0.3) is 0 Å². The van der Waals surface area contributed by atoms with E-state index in [2.05, 4.69) is 26.9 Å². The van der Waals surface area contributed by atoms with Crippen LogP contribution in [0.5, 0.6) is 23.0 Å². The number of rotatable bonds is 6. The van der Waals surface area contributed by atoms with Crippen molar-refractivity contribution >= 4 is 22.1 Å². The van der Waals surface area contributed by atoms with Gasteiger partial charge in [0.1, 0.15) is 47.4 Å². The molecule has 0 bridgehead atoms. The first kappa shape index (κ1) is 38.2. The summed E-state index contributed by atoms with van der Waals surface area (Å²) in [4.78, 5) is 16.8. The van der Waals surface area contributed by atoms with Crippen LogP contribution in [-0.2, 0) is 31.8 Å². The zero-order chi connectivity index (χ0) is 39.1. The molecule has 0 amide bonds. The molecule has 0 unspecified atom stereocenters. The fourth-order valence-electron chi connectivity index (χ4n) is 8.57. The monoisotopic (exact) mass is 794 g/mol. The number of fused-ring (bicyclic) bond motifs is 5. The van der Waals surface area contributed by atoms with E-state index >= 15 is 0 Å². The van der Waals surface area contributed by atoms with Crippen molar-refractivity contribution in [2.45, 2.75) is 102 Å². The van der Waals surface area contributed by atoms with Crippen LogP contribution in [0, 0.1) is 0 Å². The highest BCUT2D eigenvalue weighted by Gasteiger charge is 2.64. The first-order valence-corrected chi connectivity index (χ1v) is 18.9. The normalized spacial score (nSPS) is 30.0. The Morgan fingerprint density at radius 2 is 1.21 bits per heavy atom. The molecule has 4 aromatic heterocycles. The number of aromatic nitrogens is 6. The number of hydrogen-bond donors (Lipinski definition) is 2. The predicted molar refractivity (Wildman–Crippen MR) is 207 cm³/mol. The molecular formula is C42H46N6O10. The zero-order valence-electron chi connectivity index (χ0n) is 31.7. The maximum atomic E-state index is 10.9. The van der Waals surface area contributed by atoms with Crippen LogP contribution in [0.4, 0.5) is 0 Å². The maximum Gasteiger partial charge on any atom is 0.231 e. The topological polar surface area (TPSA) is 176 Å². The number of benzene rings is 2. The van der Waals surface area contributed by atoms with E-state index in [1.54, 1.807) is 36.4 Å². The lowest BCUT2D eigenvalue weighted by Crippen LogP contribution is -2.45. The van der Waals surface area contributed by atoms with Gasteiger partial charge in [-0.2, -0.15) is 0 Å². The largest absolute Gasteiger partial charge is 0.454 e. The molecule has 16 heteroatoms. The van der Waals surface area contributed by atoms with E-state index in [1.807, 2.05) is 73.1 Å². The number of hydrogen-bond acceptors (Lipinski definition) is 14. The van der Waals surface area contributed by atoms with Crippen molar-refractivity contribution in [1.29, 1.82) is 0 Å². The molecule has 16 nitrogen and oxygen atoms in total. The summed E-state index contributed by atoms with van der Waals surface area (Å²) in [5, 5.41) is 23.5. The quantitative estimate of drug-likeness (QED) is 0.223. The van der Waals surface area contributed by atoms with Crippen molar-refractivity contribution in [3.05, 3.63) is 97.1 Å². The molecule has 9 heterocycles. The van der Waals surface area contributed by atoms with Crippen LogP contribution < -0.4 is 18.9 Å². The average Bonchev–Trinajstić information content (AvgIpc) is 4.06. The van der Waals surface area contributed by atoms with Crippen LogP contribution >= 0.6 is 0 Å². The van der Waals surface area contributed by atoms with Crippen molar-refractivity contribution in [1.82, 2.24) is 29.1 Å². The summed E-state index contributed by atoms with van der Waals surface area (Å²) in [6, 6.07) is 15.5. The standard InChI is InChI=1S/C22H23N3O5.C19H19N3O5.CH4/c1-21(2)29-18-20(25-7-6-14-10-23-11-24-19(14)25)28-17(22(18,3)30-21)9-13-4-5-15-16(8-13)27-12-26-15;1-19(24)15(7-11-2-3-13-14(6-11)26-10-25-13)27-18(16(19)23)22-5-4-12-8-20-9-21-17(12)22;/h4-8,10-11,17-18,20H,9,12H2,1-3H3;2-6,8-9,15-16,18,23-24H,7,10H2,1H3;1H4/t17-,18+,20-,22-;15-,16+,18-,19-;/m11./s1. The number of aliphatic hydroxyl groups excluding tert-OH is 1. The Hall–Kier alpha value is -5.36. The molecule has 0 spiro atoms. The van der Waals surface area contributed by atoms with Crippen molar-refractivity contribution < 1.29 is 48.1 Å². The van der Waals surface area contributed by atoms with Crippen LogP contribution in [-0.4, -0.2) is 94.3 Å². The van der Waals surface area contributed by atoms with Gasteiger partial charge in [-0.3, -0.25) is 0 Å². The van der Waals surface area contributed by atoms with Crippen molar-refractivity contribution in [3.63, 3.8) is 0 Å². The van der Waals surface area contributed by atoms with Gasteiger partial charge in [-0.05, 0) is 75.2 Å². The molecule has 5 aliphatic rings. The number of aliphatic hydroxyl groups is 2. The third-order valence-corrected chi connectivity index (χ3v) is 11.5. The molecule has 2 N–H and O–H groups in total. The molecule has 5 aliphatic heterocycles. The fraction of sp³-hybridized carbons (Fsp3) is 0.429. The van der Waals surface area contributed by atoms with Gasteiger partial charge in [-0.1, -0.05) is 19.6 Å². The second kappa shape index (κ2) is 14.2. The Morgan fingerprint density at radius 1 is 0.690 bits per heavy atom. The molecule has 8 atom stereocenters. The fourth-order valence-corrected chi connectivity index (χ4v) is 8.57. The molecule has 58 heavy (non-hydrogen) atoms. The third kappa shape index (κ3) is 6.40. The molecule has 6 aromatic rings. The van der Waals surface area contributed by atoms with E-state index in [9.17, 15) is 10.2 Å². The molecule has 2 aromatic carbocycles. The van der Waals surface area contributed by atoms with Crippen LogP contribution in [0.2, 0.25) is 0 Å². The van der Waals surface area contributed by atoms with Gasteiger partial charge >= 0.3 is 0 Å². The summed E-state index contributed by atoms with van der Waals surface area (Å²) in [6.07, 6.45) is 8.03. The Labute approximate surface area is 334 Å². The van der Waals surface area contributed by atoms with E-state index in [0.29, 0.717) is 30.0 Å². The Morgan fingerprint density at radius 3 is 1.79 bits per heavy atom. The van der Waals surface area contributed by atoms with Gasteiger partial charge in [-0.15, -0.1) is 0 Å². The molecular weight excluding hydrogens is 748 g/mol. The summed E-state index contributed by atoms with van der Waals surface area (Å²) in [5.41, 5.74) is 1.44. The van der Waals surface area contributed by atoms with Gasteiger partial charge in [0, 0.05) is 48.4 Å². The van der Waals surface area contributed by atoms with Crippen LogP contribution in [0.25, 0.3) is 22.1 Å². The minimum Gasteiger partial charge on any atom is -0.454 e. The highest BCUT2D eigenvalue weighted by Crippen LogP contribution is 2.52. The van der Waals surface area contributed by atoms with E-state index in [1.165, 1.54) is 6.33 Å². The number of nitrogens with zero attached hydrogens (tertiary/aromatic N) is 6. The molecule has 0 saturated carbocycles. The molecule has 304 valence electrons.